The molecule has 0 bridgehead atoms. The van der Waals surface area contributed by atoms with Gasteiger partial charge in [-0.05, 0) is 16.7 Å². The van der Waals surface area contributed by atoms with E-state index in [-0.39, 0.29) is 11.6 Å². The molecule has 19 heavy (non-hydrogen) atoms. The molecule has 1 aliphatic heterocycles. The molecule has 1 unspecified atom stereocenters. The predicted molar refractivity (Wildman–Crippen MR) is 67.8 cm³/mol. The fraction of sp³-hybridized carbons (Fsp3) is 0.308. The van der Waals surface area contributed by atoms with Crippen LogP contribution in [0.1, 0.15) is 45.7 Å². The minimum absolute atomic E-state index is 0.00822. The number of benzene rings is 1. The molecule has 2 heterocycles. The van der Waals surface area contributed by atoms with E-state index in [1.54, 1.807) is 0 Å². The van der Waals surface area contributed by atoms with Crippen LogP contribution in [0.25, 0.3) is 0 Å². The first-order valence-corrected chi connectivity index (χ1v) is 6.13. The summed E-state index contributed by atoms with van der Waals surface area (Å²) in [5.74, 6) is -1.16. The standard InChI is InChI=1S/C13H14N4O2/c1-7(11-12(13(18)19)16-17-15-11)8-2-3-9-5-14-6-10(9)4-8/h2-4,7,14H,5-6H2,1H3,(H,18,19)(H,15,16,17). The summed E-state index contributed by atoms with van der Waals surface area (Å²) >= 11 is 0. The average molecular weight is 258 g/mol. The Bertz CT molecular complexity index is 635. The van der Waals surface area contributed by atoms with Crippen molar-refractivity contribution in [2.24, 2.45) is 0 Å². The number of aromatic amines is 1. The number of carboxylic acids is 1. The molecule has 0 saturated carbocycles. The summed E-state index contributed by atoms with van der Waals surface area (Å²) in [7, 11) is 0. The van der Waals surface area contributed by atoms with Gasteiger partial charge in [-0.25, -0.2) is 4.79 Å². The minimum atomic E-state index is -1.06. The van der Waals surface area contributed by atoms with Crippen molar-refractivity contribution in [1.82, 2.24) is 20.7 Å². The van der Waals surface area contributed by atoms with Crippen LogP contribution in [0.15, 0.2) is 18.2 Å². The lowest BCUT2D eigenvalue weighted by molar-refractivity contribution is 0.0689. The number of aromatic nitrogens is 3. The highest BCUT2D eigenvalue weighted by Gasteiger charge is 2.22. The van der Waals surface area contributed by atoms with Crippen LogP contribution in [0, 0.1) is 0 Å². The highest BCUT2D eigenvalue weighted by Crippen LogP contribution is 2.27. The van der Waals surface area contributed by atoms with Crippen molar-refractivity contribution in [3.63, 3.8) is 0 Å². The van der Waals surface area contributed by atoms with Gasteiger partial charge in [-0.15, -0.1) is 5.10 Å². The van der Waals surface area contributed by atoms with E-state index in [0.717, 1.165) is 18.7 Å². The smallest absolute Gasteiger partial charge is 0.358 e. The molecular formula is C13H14N4O2. The lowest BCUT2D eigenvalue weighted by Gasteiger charge is -2.11. The lowest BCUT2D eigenvalue weighted by Crippen LogP contribution is -2.06. The van der Waals surface area contributed by atoms with Crippen molar-refractivity contribution in [1.29, 1.82) is 0 Å². The highest BCUT2D eigenvalue weighted by molar-refractivity contribution is 5.86. The van der Waals surface area contributed by atoms with Crippen LogP contribution in [0.4, 0.5) is 0 Å². The lowest BCUT2D eigenvalue weighted by atomic mass is 9.93. The SMILES string of the molecule is CC(c1ccc2c(c1)CNC2)c1n[nH]nc1C(=O)O. The molecule has 0 amide bonds. The topological polar surface area (TPSA) is 90.9 Å². The first-order chi connectivity index (χ1) is 9.16. The van der Waals surface area contributed by atoms with Crippen LogP contribution in [-0.4, -0.2) is 26.5 Å². The second-order valence-corrected chi connectivity index (χ2v) is 4.72. The van der Waals surface area contributed by atoms with Crippen molar-refractivity contribution < 1.29 is 9.90 Å². The third kappa shape index (κ3) is 2.00. The first kappa shape index (κ1) is 11.9. The monoisotopic (exact) mass is 258 g/mol. The van der Waals surface area contributed by atoms with E-state index in [1.165, 1.54) is 11.1 Å². The molecule has 0 spiro atoms. The second kappa shape index (κ2) is 4.47. The molecule has 1 aromatic heterocycles. The number of H-pyrrole nitrogens is 1. The summed E-state index contributed by atoms with van der Waals surface area (Å²) < 4.78 is 0. The van der Waals surface area contributed by atoms with Gasteiger partial charge in [0.2, 0.25) is 0 Å². The normalized spacial score (nSPS) is 15.2. The van der Waals surface area contributed by atoms with Crippen molar-refractivity contribution in [3.05, 3.63) is 46.3 Å². The van der Waals surface area contributed by atoms with Gasteiger partial charge in [-0.1, -0.05) is 25.1 Å². The van der Waals surface area contributed by atoms with Gasteiger partial charge < -0.3 is 10.4 Å². The molecular weight excluding hydrogens is 244 g/mol. The second-order valence-electron chi connectivity index (χ2n) is 4.72. The molecule has 6 nitrogen and oxygen atoms in total. The Hall–Kier alpha value is -2.21. The van der Waals surface area contributed by atoms with Gasteiger partial charge >= 0.3 is 5.97 Å². The zero-order valence-corrected chi connectivity index (χ0v) is 10.5. The molecule has 1 aromatic carbocycles. The largest absolute Gasteiger partial charge is 0.476 e. The molecule has 3 N–H and O–H groups in total. The number of nitrogens with one attached hydrogen (secondary N) is 2. The van der Waals surface area contributed by atoms with E-state index in [0.29, 0.717) is 5.69 Å². The number of aromatic carboxylic acids is 1. The van der Waals surface area contributed by atoms with Gasteiger partial charge in [-0.3, -0.25) is 0 Å². The van der Waals surface area contributed by atoms with Crippen LogP contribution < -0.4 is 5.32 Å². The summed E-state index contributed by atoms with van der Waals surface area (Å²) in [4.78, 5) is 11.1. The van der Waals surface area contributed by atoms with Gasteiger partial charge in [0.25, 0.3) is 0 Å². The summed E-state index contributed by atoms with van der Waals surface area (Å²) in [5, 5.41) is 22.4. The molecule has 1 atom stereocenters. The van der Waals surface area contributed by atoms with Crippen molar-refractivity contribution in [3.8, 4) is 0 Å². The number of carbonyl (C=O) groups is 1. The van der Waals surface area contributed by atoms with E-state index < -0.39 is 5.97 Å². The number of hydrogen-bond acceptors (Lipinski definition) is 4. The Labute approximate surface area is 109 Å². The number of hydrogen-bond donors (Lipinski definition) is 3. The molecule has 2 aromatic rings. The predicted octanol–water partition coefficient (Wildman–Crippen LogP) is 1.26. The third-order valence-electron chi connectivity index (χ3n) is 3.55. The number of fused-ring (bicyclic) bond motifs is 1. The Morgan fingerprint density at radius 3 is 2.89 bits per heavy atom. The van der Waals surface area contributed by atoms with Crippen LogP contribution in [0.2, 0.25) is 0 Å². The summed E-state index contributed by atoms with van der Waals surface area (Å²) in [6, 6.07) is 6.22. The van der Waals surface area contributed by atoms with Crippen LogP contribution in [0.5, 0.6) is 0 Å². The first-order valence-electron chi connectivity index (χ1n) is 6.13. The Morgan fingerprint density at radius 2 is 2.11 bits per heavy atom. The van der Waals surface area contributed by atoms with Gasteiger partial charge in [-0.2, -0.15) is 10.3 Å². The zero-order valence-electron chi connectivity index (χ0n) is 10.5. The zero-order chi connectivity index (χ0) is 13.4. The maximum absolute atomic E-state index is 11.1. The summed E-state index contributed by atoms with van der Waals surface area (Å²) in [5.41, 5.74) is 4.09. The van der Waals surface area contributed by atoms with Crippen molar-refractivity contribution in [2.75, 3.05) is 0 Å². The van der Waals surface area contributed by atoms with Crippen molar-refractivity contribution in [2.45, 2.75) is 25.9 Å². The molecule has 98 valence electrons. The fourth-order valence-electron chi connectivity index (χ4n) is 2.44. The molecule has 0 saturated heterocycles. The summed E-state index contributed by atoms with van der Waals surface area (Å²) in [6.07, 6.45) is 0. The van der Waals surface area contributed by atoms with Crippen LogP contribution in [-0.2, 0) is 13.1 Å². The quantitative estimate of drug-likeness (QED) is 0.771. The van der Waals surface area contributed by atoms with E-state index >= 15 is 0 Å². The van der Waals surface area contributed by atoms with E-state index in [1.807, 2.05) is 13.0 Å². The minimum Gasteiger partial charge on any atom is -0.476 e. The average Bonchev–Trinajstić information content (AvgIpc) is 3.05. The van der Waals surface area contributed by atoms with Gasteiger partial charge in [0.05, 0.1) is 0 Å². The molecule has 0 fully saturated rings. The van der Waals surface area contributed by atoms with Gasteiger partial charge in [0, 0.05) is 19.0 Å². The van der Waals surface area contributed by atoms with Crippen LogP contribution >= 0.6 is 0 Å². The van der Waals surface area contributed by atoms with Crippen molar-refractivity contribution >= 4 is 5.97 Å². The maximum Gasteiger partial charge on any atom is 0.358 e. The van der Waals surface area contributed by atoms with Crippen LogP contribution in [0.3, 0.4) is 0 Å². The maximum atomic E-state index is 11.1. The molecule has 0 aliphatic carbocycles. The van der Waals surface area contributed by atoms with E-state index in [4.69, 9.17) is 5.11 Å². The molecule has 0 radical (unpaired) electrons. The molecule has 3 rings (SSSR count). The van der Waals surface area contributed by atoms with Gasteiger partial charge in [0.15, 0.2) is 5.69 Å². The number of rotatable bonds is 3. The number of nitrogens with zero attached hydrogens (tertiary/aromatic N) is 2. The Balaban J connectivity index is 1.97. The fourth-order valence-corrected chi connectivity index (χ4v) is 2.44. The molecule has 6 heteroatoms. The van der Waals surface area contributed by atoms with E-state index in [2.05, 4.69) is 32.9 Å². The highest BCUT2D eigenvalue weighted by atomic mass is 16.4. The van der Waals surface area contributed by atoms with E-state index in [9.17, 15) is 4.79 Å². The third-order valence-corrected chi connectivity index (χ3v) is 3.55. The molecule has 1 aliphatic rings. The Morgan fingerprint density at radius 1 is 1.32 bits per heavy atom. The number of carboxylic acid groups (broad SMARTS) is 1. The summed E-state index contributed by atoms with van der Waals surface area (Å²) in [6.45, 7) is 3.70. The Kier molecular flexibility index (Phi) is 2.79. The van der Waals surface area contributed by atoms with Gasteiger partial charge in [0.1, 0.15) is 5.69 Å².